The molecule has 1 saturated heterocycles. The SMILES string of the molecule is Cc1c(C(=O)N2CCCC2CC(O)c2ccco2)oc2ccccc12. The van der Waals surface area contributed by atoms with E-state index in [9.17, 15) is 9.90 Å². The summed E-state index contributed by atoms with van der Waals surface area (Å²) in [7, 11) is 0. The van der Waals surface area contributed by atoms with E-state index in [-0.39, 0.29) is 11.9 Å². The van der Waals surface area contributed by atoms with E-state index in [0.29, 0.717) is 24.5 Å². The first-order valence-electron chi connectivity index (χ1n) is 8.65. The van der Waals surface area contributed by atoms with Crippen LogP contribution in [0.15, 0.2) is 51.5 Å². The molecule has 1 fully saturated rings. The highest BCUT2D eigenvalue weighted by molar-refractivity contribution is 5.99. The first-order chi connectivity index (χ1) is 12.1. The van der Waals surface area contributed by atoms with E-state index >= 15 is 0 Å². The second kappa shape index (κ2) is 6.41. The number of furan rings is 2. The molecule has 5 heteroatoms. The molecule has 0 radical (unpaired) electrons. The molecule has 130 valence electrons. The van der Waals surface area contributed by atoms with Crippen LogP contribution in [0.4, 0.5) is 0 Å². The molecule has 0 spiro atoms. The number of fused-ring (bicyclic) bond motifs is 1. The highest BCUT2D eigenvalue weighted by Gasteiger charge is 2.34. The van der Waals surface area contributed by atoms with Gasteiger partial charge in [-0.1, -0.05) is 18.2 Å². The number of amides is 1. The van der Waals surface area contributed by atoms with Gasteiger partial charge in [0.2, 0.25) is 0 Å². The lowest BCUT2D eigenvalue weighted by molar-refractivity contribution is 0.0614. The molecule has 1 amide bonds. The Kier molecular flexibility index (Phi) is 4.09. The van der Waals surface area contributed by atoms with E-state index < -0.39 is 6.10 Å². The molecule has 0 bridgehead atoms. The van der Waals surface area contributed by atoms with Crippen molar-refractivity contribution in [3.05, 3.63) is 59.7 Å². The number of nitrogens with zero attached hydrogens (tertiary/aromatic N) is 1. The Hall–Kier alpha value is -2.53. The Balaban J connectivity index is 1.56. The molecule has 3 heterocycles. The molecule has 2 aromatic heterocycles. The first kappa shape index (κ1) is 16.0. The molecule has 1 aliphatic rings. The van der Waals surface area contributed by atoms with Crippen molar-refractivity contribution < 1.29 is 18.7 Å². The molecule has 1 aromatic carbocycles. The van der Waals surface area contributed by atoms with E-state index in [1.807, 2.05) is 36.1 Å². The molecule has 1 aliphatic heterocycles. The van der Waals surface area contributed by atoms with Gasteiger partial charge in [0, 0.05) is 30.0 Å². The predicted molar refractivity (Wildman–Crippen MR) is 93.3 cm³/mol. The maximum atomic E-state index is 13.0. The summed E-state index contributed by atoms with van der Waals surface area (Å²) in [5.74, 6) is 0.850. The second-order valence-electron chi connectivity index (χ2n) is 6.61. The summed E-state index contributed by atoms with van der Waals surface area (Å²) < 4.78 is 11.1. The Labute approximate surface area is 145 Å². The number of para-hydroxylation sites is 1. The summed E-state index contributed by atoms with van der Waals surface area (Å²) >= 11 is 0. The summed E-state index contributed by atoms with van der Waals surface area (Å²) in [5, 5.41) is 11.3. The summed E-state index contributed by atoms with van der Waals surface area (Å²) in [6.07, 6.45) is 3.13. The molecule has 1 N–H and O–H groups in total. The summed E-state index contributed by atoms with van der Waals surface area (Å²) in [4.78, 5) is 14.9. The van der Waals surface area contributed by atoms with Gasteiger partial charge in [-0.2, -0.15) is 0 Å². The zero-order valence-electron chi connectivity index (χ0n) is 14.1. The van der Waals surface area contributed by atoms with Crippen LogP contribution in [0.2, 0.25) is 0 Å². The van der Waals surface area contributed by atoms with Crippen LogP contribution in [0.3, 0.4) is 0 Å². The number of likely N-dealkylation sites (tertiary alicyclic amines) is 1. The summed E-state index contributed by atoms with van der Waals surface area (Å²) in [5.41, 5.74) is 1.60. The maximum absolute atomic E-state index is 13.0. The van der Waals surface area contributed by atoms with Gasteiger partial charge < -0.3 is 18.8 Å². The normalized spacial score (nSPS) is 18.8. The van der Waals surface area contributed by atoms with Gasteiger partial charge in [-0.15, -0.1) is 0 Å². The zero-order chi connectivity index (χ0) is 17.4. The van der Waals surface area contributed by atoms with Crippen molar-refractivity contribution in [1.29, 1.82) is 0 Å². The molecule has 25 heavy (non-hydrogen) atoms. The molecule has 0 aliphatic carbocycles. The van der Waals surface area contributed by atoms with E-state index in [2.05, 4.69) is 0 Å². The lowest BCUT2D eigenvalue weighted by Crippen LogP contribution is -2.36. The summed E-state index contributed by atoms with van der Waals surface area (Å²) in [6, 6.07) is 11.2. The van der Waals surface area contributed by atoms with Crippen molar-refractivity contribution in [2.24, 2.45) is 0 Å². The van der Waals surface area contributed by atoms with Gasteiger partial charge in [0.25, 0.3) is 5.91 Å². The van der Waals surface area contributed by atoms with Crippen molar-refractivity contribution in [2.45, 2.75) is 38.3 Å². The minimum absolute atomic E-state index is 0.0137. The van der Waals surface area contributed by atoms with Gasteiger partial charge in [-0.05, 0) is 38.0 Å². The molecule has 2 atom stereocenters. The van der Waals surface area contributed by atoms with Crippen LogP contribution in [-0.4, -0.2) is 28.5 Å². The van der Waals surface area contributed by atoms with Crippen LogP contribution >= 0.6 is 0 Å². The smallest absolute Gasteiger partial charge is 0.290 e. The number of hydrogen-bond acceptors (Lipinski definition) is 4. The largest absolute Gasteiger partial charge is 0.467 e. The minimum atomic E-state index is -0.704. The zero-order valence-corrected chi connectivity index (χ0v) is 14.1. The third-order valence-electron chi connectivity index (χ3n) is 5.04. The van der Waals surface area contributed by atoms with Gasteiger partial charge in [0.15, 0.2) is 5.76 Å². The molecule has 5 nitrogen and oxygen atoms in total. The number of hydrogen-bond donors (Lipinski definition) is 1. The van der Waals surface area contributed by atoms with Gasteiger partial charge in [0.1, 0.15) is 17.4 Å². The third-order valence-corrected chi connectivity index (χ3v) is 5.04. The molecule has 2 unspecified atom stereocenters. The Bertz CT molecular complexity index is 880. The van der Waals surface area contributed by atoms with Gasteiger partial charge in [0.05, 0.1) is 6.26 Å². The highest BCUT2D eigenvalue weighted by atomic mass is 16.4. The molecular formula is C20H21NO4. The number of carbonyl (C=O) groups excluding carboxylic acids is 1. The van der Waals surface area contributed by atoms with Crippen LogP contribution in [0.25, 0.3) is 11.0 Å². The predicted octanol–water partition coefficient (Wildman–Crippen LogP) is 4.06. The standard InChI is InChI=1S/C20H21NO4/c1-13-15-7-2-3-8-17(15)25-19(13)20(23)21-10-4-6-14(21)12-16(22)18-9-5-11-24-18/h2-3,5,7-9,11,14,16,22H,4,6,10,12H2,1H3. The maximum Gasteiger partial charge on any atom is 0.290 e. The van der Waals surface area contributed by atoms with Crippen molar-refractivity contribution in [2.75, 3.05) is 6.54 Å². The average molecular weight is 339 g/mol. The lowest BCUT2D eigenvalue weighted by atomic mass is 10.0. The van der Waals surface area contributed by atoms with Crippen LogP contribution in [0, 0.1) is 6.92 Å². The van der Waals surface area contributed by atoms with Crippen molar-refractivity contribution in [1.82, 2.24) is 4.90 Å². The summed E-state index contributed by atoms with van der Waals surface area (Å²) in [6.45, 7) is 2.60. The topological polar surface area (TPSA) is 66.8 Å². The monoisotopic (exact) mass is 339 g/mol. The van der Waals surface area contributed by atoms with Crippen molar-refractivity contribution >= 4 is 16.9 Å². The molecule has 3 aromatic rings. The number of aliphatic hydroxyl groups is 1. The highest BCUT2D eigenvalue weighted by Crippen LogP contribution is 2.31. The van der Waals surface area contributed by atoms with Crippen LogP contribution in [-0.2, 0) is 0 Å². The van der Waals surface area contributed by atoms with Crippen LogP contribution in [0.5, 0.6) is 0 Å². The van der Waals surface area contributed by atoms with E-state index in [4.69, 9.17) is 8.83 Å². The molecular weight excluding hydrogens is 318 g/mol. The third kappa shape index (κ3) is 2.85. The number of carbonyl (C=O) groups is 1. The van der Waals surface area contributed by atoms with E-state index in [0.717, 1.165) is 29.4 Å². The fourth-order valence-corrected chi connectivity index (χ4v) is 3.71. The number of benzene rings is 1. The molecule has 4 rings (SSSR count). The van der Waals surface area contributed by atoms with E-state index in [1.54, 1.807) is 18.4 Å². The van der Waals surface area contributed by atoms with Crippen molar-refractivity contribution in [3.63, 3.8) is 0 Å². The second-order valence-corrected chi connectivity index (χ2v) is 6.61. The fourth-order valence-electron chi connectivity index (χ4n) is 3.71. The average Bonchev–Trinajstić information content (AvgIpc) is 3.35. The quantitative estimate of drug-likeness (QED) is 0.778. The Morgan fingerprint density at radius 3 is 2.92 bits per heavy atom. The van der Waals surface area contributed by atoms with Crippen LogP contribution < -0.4 is 0 Å². The Morgan fingerprint density at radius 2 is 2.16 bits per heavy atom. The molecule has 0 saturated carbocycles. The number of aliphatic hydroxyl groups excluding tert-OH is 1. The lowest BCUT2D eigenvalue weighted by Gasteiger charge is -2.25. The van der Waals surface area contributed by atoms with Gasteiger partial charge in [-0.25, -0.2) is 0 Å². The number of rotatable bonds is 4. The minimum Gasteiger partial charge on any atom is -0.467 e. The number of aryl methyl sites for hydroxylation is 1. The Morgan fingerprint density at radius 1 is 1.32 bits per heavy atom. The first-order valence-corrected chi connectivity index (χ1v) is 8.65. The van der Waals surface area contributed by atoms with Gasteiger partial charge in [-0.3, -0.25) is 4.79 Å². The van der Waals surface area contributed by atoms with Gasteiger partial charge >= 0.3 is 0 Å². The van der Waals surface area contributed by atoms with Crippen LogP contribution in [0.1, 0.15) is 47.2 Å². The van der Waals surface area contributed by atoms with Crippen molar-refractivity contribution in [3.8, 4) is 0 Å². The fraction of sp³-hybridized carbons (Fsp3) is 0.350. The van der Waals surface area contributed by atoms with E-state index in [1.165, 1.54) is 0 Å².